The number of nitrogens with zero attached hydrogens (tertiary/aromatic N) is 1. The van der Waals surface area contributed by atoms with Gasteiger partial charge in [-0.05, 0) is 5.57 Å². The number of carboxylic acids is 1. The summed E-state index contributed by atoms with van der Waals surface area (Å²) in [5, 5.41) is 9.98. The number of rotatable bonds is 2. The highest BCUT2D eigenvalue weighted by molar-refractivity contribution is 7.86. The first kappa shape index (κ1) is 12.7. The van der Waals surface area contributed by atoms with Crippen LogP contribution in [0.3, 0.4) is 0 Å². The summed E-state index contributed by atoms with van der Waals surface area (Å²) < 4.78 is 12.1. The molecular weight excluding hydrogens is 260 g/mol. The summed E-state index contributed by atoms with van der Waals surface area (Å²) in [6.45, 7) is 4.82. The fourth-order valence-electron chi connectivity index (χ4n) is 2.15. The topological polar surface area (TPSA) is 104 Å². The molecule has 2 saturated heterocycles. The van der Waals surface area contributed by atoms with Crippen LogP contribution in [0.2, 0.25) is 0 Å². The van der Waals surface area contributed by atoms with Crippen molar-refractivity contribution in [1.82, 2.24) is 10.2 Å². The van der Waals surface area contributed by atoms with Gasteiger partial charge >= 0.3 is 5.97 Å². The number of carboxylic acid groups (broad SMARTS) is 1. The average molecular weight is 272 g/mol. The Kier molecular flexibility index (Phi) is 2.97. The van der Waals surface area contributed by atoms with Gasteiger partial charge in [-0.3, -0.25) is 13.8 Å². The third-order valence-electron chi connectivity index (χ3n) is 2.98. The van der Waals surface area contributed by atoms with Crippen LogP contribution in [-0.2, 0) is 25.2 Å². The predicted octanol–water partition coefficient (Wildman–Crippen LogP) is -1.22. The molecule has 0 bridgehead atoms. The highest BCUT2D eigenvalue weighted by Gasteiger charge is 2.55. The fraction of sp³-hybridized carbons (Fsp3) is 0.500. The van der Waals surface area contributed by atoms with Crippen molar-refractivity contribution in [2.75, 3.05) is 0 Å². The average Bonchev–Trinajstić information content (AvgIpc) is 2.25. The minimum absolute atomic E-state index is 0.0414. The first-order valence-electron chi connectivity index (χ1n) is 5.23. The van der Waals surface area contributed by atoms with E-state index in [0.717, 1.165) is 4.90 Å². The first-order valence-corrected chi connectivity index (χ1v) is 6.51. The Morgan fingerprint density at radius 1 is 1.56 bits per heavy atom. The fourth-order valence-corrected chi connectivity index (χ4v) is 3.94. The molecule has 0 aliphatic carbocycles. The number of carbonyl (C=O) groups is 3. The van der Waals surface area contributed by atoms with Gasteiger partial charge in [0.25, 0.3) is 0 Å². The van der Waals surface area contributed by atoms with Crippen LogP contribution >= 0.6 is 0 Å². The van der Waals surface area contributed by atoms with Crippen molar-refractivity contribution in [3.63, 3.8) is 0 Å². The maximum Gasteiger partial charge on any atom is 0.330 e. The molecule has 0 spiro atoms. The number of fused-ring (bicyclic) bond motifs is 1. The number of nitrogens with one attached hydrogen (secondary N) is 1. The summed E-state index contributed by atoms with van der Waals surface area (Å²) in [6.07, 6.45) is 0.0414. The van der Waals surface area contributed by atoms with Gasteiger partial charge < -0.3 is 15.3 Å². The van der Waals surface area contributed by atoms with Crippen LogP contribution in [0.4, 0.5) is 0 Å². The van der Waals surface area contributed by atoms with Gasteiger partial charge in [0, 0.05) is 6.92 Å². The largest absolute Gasteiger partial charge is 0.479 e. The van der Waals surface area contributed by atoms with E-state index >= 15 is 0 Å². The van der Waals surface area contributed by atoms with Crippen molar-refractivity contribution in [3.05, 3.63) is 12.2 Å². The van der Waals surface area contributed by atoms with E-state index in [1.165, 1.54) is 6.92 Å². The Morgan fingerprint density at radius 2 is 2.17 bits per heavy atom. The van der Waals surface area contributed by atoms with E-state index in [4.69, 9.17) is 5.11 Å². The summed E-state index contributed by atoms with van der Waals surface area (Å²) in [5.74, 6) is -2.01. The molecule has 0 aromatic carbocycles. The molecule has 0 aromatic rings. The molecule has 2 fully saturated rings. The number of β-lactam (4-membered cyclic amide) rings is 1. The smallest absolute Gasteiger partial charge is 0.330 e. The van der Waals surface area contributed by atoms with Crippen LogP contribution in [0, 0.1) is 0 Å². The SMILES string of the molecule is C=C1C(C(=O)O)N2C(=O)C[C@H]2S(=O)C1NC(C)=O. The van der Waals surface area contributed by atoms with Gasteiger partial charge in [-0.15, -0.1) is 0 Å². The summed E-state index contributed by atoms with van der Waals surface area (Å²) in [7, 11) is -1.56. The zero-order valence-corrected chi connectivity index (χ0v) is 10.4. The van der Waals surface area contributed by atoms with E-state index in [1.54, 1.807) is 0 Å². The molecule has 2 rings (SSSR count). The van der Waals surface area contributed by atoms with E-state index in [0.29, 0.717) is 0 Å². The van der Waals surface area contributed by atoms with Gasteiger partial charge in [0.05, 0.1) is 17.2 Å². The Hall–Kier alpha value is -1.70. The van der Waals surface area contributed by atoms with E-state index in [1.807, 2.05) is 0 Å². The monoisotopic (exact) mass is 272 g/mol. The second kappa shape index (κ2) is 4.20. The lowest BCUT2D eigenvalue weighted by atomic mass is 10.0. The van der Waals surface area contributed by atoms with E-state index in [9.17, 15) is 18.6 Å². The number of hydrogen-bond acceptors (Lipinski definition) is 4. The minimum atomic E-state index is -1.56. The third kappa shape index (κ3) is 1.72. The highest BCUT2D eigenvalue weighted by atomic mass is 32.2. The molecule has 8 heteroatoms. The maximum atomic E-state index is 12.1. The Labute approximate surface area is 105 Å². The predicted molar refractivity (Wildman–Crippen MR) is 61.6 cm³/mol. The van der Waals surface area contributed by atoms with Crippen molar-refractivity contribution < 1.29 is 23.7 Å². The van der Waals surface area contributed by atoms with Gasteiger partial charge in [-0.25, -0.2) is 4.79 Å². The van der Waals surface area contributed by atoms with Gasteiger partial charge in [-0.1, -0.05) is 6.58 Å². The van der Waals surface area contributed by atoms with Crippen LogP contribution in [0.15, 0.2) is 12.2 Å². The molecule has 4 atom stereocenters. The lowest BCUT2D eigenvalue weighted by Crippen LogP contribution is -2.69. The van der Waals surface area contributed by atoms with Crippen molar-refractivity contribution >= 4 is 28.6 Å². The zero-order valence-electron chi connectivity index (χ0n) is 9.58. The van der Waals surface area contributed by atoms with Crippen LogP contribution < -0.4 is 5.32 Å². The standard InChI is InChI=1S/C10H12N2O5S/c1-4-8(10(15)16)12-6(14)3-7(12)18(17)9(4)11-5(2)13/h7-9H,1,3H2,2H3,(H,11,13)(H,15,16)/t7-,8?,9?,18?/m1/s1. The summed E-state index contributed by atoms with van der Waals surface area (Å²) in [4.78, 5) is 34.7. The quantitative estimate of drug-likeness (QED) is 0.484. The van der Waals surface area contributed by atoms with Gasteiger partial charge in [0.1, 0.15) is 10.7 Å². The summed E-state index contributed by atoms with van der Waals surface area (Å²) >= 11 is 0. The van der Waals surface area contributed by atoms with E-state index in [-0.39, 0.29) is 17.9 Å². The summed E-state index contributed by atoms with van der Waals surface area (Å²) in [5.41, 5.74) is 0.0698. The van der Waals surface area contributed by atoms with Gasteiger partial charge in [0.15, 0.2) is 6.04 Å². The molecule has 2 aliphatic heterocycles. The molecular formula is C10H12N2O5S. The van der Waals surface area contributed by atoms with E-state index < -0.39 is 39.5 Å². The van der Waals surface area contributed by atoms with Crippen LogP contribution in [0.25, 0.3) is 0 Å². The molecule has 3 unspecified atom stereocenters. The van der Waals surface area contributed by atoms with Crippen molar-refractivity contribution in [2.24, 2.45) is 0 Å². The molecule has 2 amide bonds. The molecule has 7 nitrogen and oxygen atoms in total. The number of carbonyl (C=O) groups excluding carboxylic acids is 2. The Balaban J connectivity index is 2.34. The second-order valence-corrected chi connectivity index (χ2v) is 5.86. The first-order chi connectivity index (χ1) is 8.34. The number of hydrogen-bond donors (Lipinski definition) is 2. The molecule has 18 heavy (non-hydrogen) atoms. The Bertz CT molecular complexity index is 489. The minimum Gasteiger partial charge on any atom is -0.479 e. The second-order valence-electron chi connectivity index (χ2n) is 4.18. The maximum absolute atomic E-state index is 12.1. The van der Waals surface area contributed by atoms with Crippen LogP contribution in [-0.4, -0.2) is 48.8 Å². The van der Waals surface area contributed by atoms with Crippen molar-refractivity contribution in [3.8, 4) is 0 Å². The van der Waals surface area contributed by atoms with Crippen LogP contribution in [0.1, 0.15) is 13.3 Å². The highest BCUT2D eigenvalue weighted by Crippen LogP contribution is 2.36. The lowest BCUT2D eigenvalue weighted by Gasteiger charge is -2.49. The molecule has 2 N–H and O–H groups in total. The van der Waals surface area contributed by atoms with Crippen molar-refractivity contribution in [2.45, 2.75) is 30.1 Å². The summed E-state index contributed by atoms with van der Waals surface area (Å²) in [6, 6.07) is -1.22. The normalized spacial score (nSPS) is 34.6. The number of amides is 2. The Morgan fingerprint density at radius 3 is 2.61 bits per heavy atom. The van der Waals surface area contributed by atoms with Crippen LogP contribution in [0.5, 0.6) is 0 Å². The molecule has 98 valence electrons. The van der Waals surface area contributed by atoms with Gasteiger partial charge in [-0.2, -0.15) is 0 Å². The lowest BCUT2D eigenvalue weighted by molar-refractivity contribution is -0.156. The molecule has 0 aromatic heterocycles. The van der Waals surface area contributed by atoms with E-state index in [2.05, 4.69) is 11.9 Å². The van der Waals surface area contributed by atoms with Crippen molar-refractivity contribution in [1.29, 1.82) is 0 Å². The molecule has 2 aliphatic rings. The van der Waals surface area contributed by atoms with Gasteiger partial charge in [0.2, 0.25) is 11.8 Å². The molecule has 2 heterocycles. The molecule has 0 radical (unpaired) electrons. The number of aliphatic carboxylic acids is 1. The third-order valence-corrected chi connectivity index (χ3v) is 4.80. The zero-order chi connectivity index (χ0) is 13.6. The molecule has 0 saturated carbocycles.